The Bertz CT molecular complexity index is 944. The Balaban J connectivity index is 1.88. The first-order valence-corrected chi connectivity index (χ1v) is 12.4. The minimum Gasteiger partial charge on any atom is -0.387 e. The van der Waals surface area contributed by atoms with Crippen LogP contribution in [0, 0.1) is 0 Å². The molecule has 30 heavy (non-hydrogen) atoms. The summed E-state index contributed by atoms with van der Waals surface area (Å²) in [6.07, 6.45) is 6.89. The van der Waals surface area contributed by atoms with Crippen molar-refractivity contribution in [3.05, 3.63) is 58.6 Å². The summed E-state index contributed by atoms with van der Waals surface area (Å²) in [5.74, 6) is 0. The van der Waals surface area contributed by atoms with E-state index < -0.39 is 6.10 Å². The Labute approximate surface area is 190 Å². The molecule has 0 heterocycles. The van der Waals surface area contributed by atoms with Gasteiger partial charge >= 0.3 is 0 Å². The molecule has 0 radical (unpaired) electrons. The van der Waals surface area contributed by atoms with Gasteiger partial charge in [0.25, 0.3) is 0 Å². The van der Waals surface area contributed by atoms with Gasteiger partial charge in [-0.1, -0.05) is 91.9 Å². The summed E-state index contributed by atoms with van der Waals surface area (Å²) in [6, 6.07) is 17.2. The monoisotopic (exact) mass is 469 g/mol. The van der Waals surface area contributed by atoms with Crippen LogP contribution in [0.5, 0.6) is 0 Å². The van der Waals surface area contributed by atoms with Crippen molar-refractivity contribution in [3.63, 3.8) is 0 Å². The minimum atomic E-state index is -0.486. The van der Waals surface area contributed by atoms with Crippen molar-refractivity contribution in [2.24, 2.45) is 0 Å². The molecule has 3 heteroatoms. The van der Waals surface area contributed by atoms with Crippen molar-refractivity contribution >= 4 is 37.5 Å². The fourth-order valence-electron chi connectivity index (χ4n) is 4.38. The third-order valence-corrected chi connectivity index (χ3v) is 6.96. The third-order valence-electron chi connectivity index (χ3n) is 6.31. The van der Waals surface area contributed by atoms with Gasteiger partial charge in [0.2, 0.25) is 0 Å². The van der Waals surface area contributed by atoms with E-state index >= 15 is 0 Å². The highest BCUT2D eigenvalue weighted by molar-refractivity contribution is 9.10. The fraction of sp³-hybridized carbons (Fsp3) is 0.481. The molecular formula is C27H36BrNO. The molecule has 2 atom stereocenters. The molecule has 0 aliphatic rings. The number of hydrogen-bond acceptors (Lipinski definition) is 2. The number of aliphatic hydroxyl groups is 1. The summed E-state index contributed by atoms with van der Waals surface area (Å²) in [4.78, 5) is 2.50. The van der Waals surface area contributed by atoms with Gasteiger partial charge in [-0.25, -0.2) is 0 Å². The molecular weight excluding hydrogens is 434 g/mol. The molecule has 0 amide bonds. The summed E-state index contributed by atoms with van der Waals surface area (Å²) in [6.45, 7) is 8.82. The predicted octanol–water partition coefficient (Wildman–Crippen LogP) is 7.86. The first-order valence-electron chi connectivity index (χ1n) is 11.6. The predicted molar refractivity (Wildman–Crippen MR) is 134 cm³/mol. The van der Waals surface area contributed by atoms with Crippen molar-refractivity contribution in [3.8, 4) is 0 Å². The number of halogens is 1. The van der Waals surface area contributed by atoms with E-state index in [4.69, 9.17) is 0 Å². The van der Waals surface area contributed by atoms with Crippen LogP contribution in [0.2, 0.25) is 0 Å². The van der Waals surface area contributed by atoms with Crippen LogP contribution in [0.4, 0.5) is 0 Å². The lowest BCUT2D eigenvalue weighted by Crippen LogP contribution is -2.39. The Morgan fingerprint density at radius 2 is 1.47 bits per heavy atom. The summed E-state index contributed by atoms with van der Waals surface area (Å²) in [7, 11) is 0. The van der Waals surface area contributed by atoms with Gasteiger partial charge in [-0.3, -0.25) is 4.90 Å². The van der Waals surface area contributed by atoms with Crippen LogP contribution in [-0.2, 0) is 0 Å². The maximum Gasteiger partial charge on any atom is 0.0942 e. The number of benzene rings is 3. The third kappa shape index (κ3) is 5.43. The largest absolute Gasteiger partial charge is 0.387 e. The van der Waals surface area contributed by atoms with Crippen LogP contribution in [0.3, 0.4) is 0 Å². The lowest BCUT2D eigenvalue weighted by molar-refractivity contribution is 0.0556. The average Bonchev–Trinajstić information content (AvgIpc) is 2.77. The zero-order valence-corrected chi connectivity index (χ0v) is 20.3. The fourth-order valence-corrected chi connectivity index (χ4v) is 4.98. The van der Waals surface area contributed by atoms with E-state index in [1.807, 2.05) is 0 Å². The lowest BCUT2D eigenvalue weighted by Gasteiger charge is -2.33. The van der Waals surface area contributed by atoms with Crippen molar-refractivity contribution in [2.45, 2.75) is 71.4 Å². The molecule has 3 rings (SSSR count). The molecule has 3 aromatic carbocycles. The zero-order chi connectivity index (χ0) is 21.5. The summed E-state index contributed by atoms with van der Waals surface area (Å²) < 4.78 is 1.12. The van der Waals surface area contributed by atoms with E-state index in [0.29, 0.717) is 0 Å². The highest BCUT2D eigenvalue weighted by Gasteiger charge is 2.23. The first kappa shape index (κ1) is 23.2. The number of nitrogens with zero attached hydrogens (tertiary/aromatic N) is 1. The van der Waals surface area contributed by atoms with Gasteiger partial charge in [-0.2, -0.15) is 0 Å². The molecule has 0 fully saturated rings. The van der Waals surface area contributed by atoms with Crippen LogP contribution in [0.1, 0.15) is 71.0 Å². The molecule has 162 valence electrons. The molecule has 3 aromatic rings. The first-order chi connectivity index (χ1) is 14.6. The average molecular weight is 470 g/mol. The Morgan fingerprint density at radius 3 is 2.10 bits per heavy atom. The maximum absolute atomic E-state index is 11.3. The number of hydrogen-bond donors (Lipinski definition) is 1. The van der Waals surface area contributed by atoms with Crippen molar-refractivity contribution in [2.75, 3.05) is 13.1 Å². The summed E-state index contributed by atoms with van der Waals surface area (Å²) >= 11 is 3.71. The Morgan fingerprint density at radius 1 is 0.833 bits per heavy atom. The molecule has 0 aliphatic heterocycles. The zero-order valence-electron chi connectivity index (χ0n) is 18.7. The van der Waals surface area contributed by atoms with Gasteiger partial charge in [0.05, 0.1) is 6.10 Å². The second kappa shape index (κ2) is 11.3. The molecule has 0 bridgehead atoms. The van der Waals surface area contributed by atoms with E-state index in [2.05, 4.69) is 90.1 Å². The Hall–Kier alpha value is -1.42. The SMILES string of the molecule is CCCCCN(CCCCC)[C@@H](C)[C@@H](O)c1ccc2cc(Br)c3ccccc3c2c1. The topological polar surface area (TPSA) is 23.5 Å². The standard InChI is InChI=1S/C27H36BrNO/c1-4-6-10-16-29(17-11-7-5-2)20(3)27(30)22-15-14-21-19-26(28)24-13-9-8-12-23(24)25(21)18-22/h8-9,12-15,18-20,27,30H,4-7,10-11,16-17H2,1-3H3/t20-,27+/m0/s1. The van der Waals surface area contributed by atoms with Crippen molar-refractivity contribution in [1.82, 2.24) is 4.90 Å². The van der Waals surface area contributed by atoms with Crippen LogP contribution in [-0.4, -0.2) is 29.1 Å². The van der Waals surface area contributed by atoms with Crippen LogP contribution >= 0.6 is 15.9 Å². The minimum absolute atomic E-state index is 0.109. The van der Waals surface area contributed by atoms with Crippen LogP contribution in [0.15, 0.2) is 53.0 Å². The van der Waals surface area contributed by atoms with Gasteiger partial charge in [0.1, 0.15) is 0 Å². The van der Waals surface area contributed by atoms with Gasteiger partial charge in [0.15, 0.2) is 0 Å². The number of fused-ring (bicyclic) bond motifs is 3. The van der Waals surface area contributed by atoms with E-state index in [-0.39, 0.29) is 6.04 Å². The molecule has 0 aromatic heterocycles. The van der Waals surface area contributed by atoms with E-state index in [1.54, 1.807) is 0 Å². The maximum atomic E-state index is 11.3. The van der Waals surface area contributed by atoms with Gasteiger partial charge in [-0.15, -0.1) is 0 Å². The van der Waals surface area contributed by atoms with Gasteiger partial charge in [0, 0.05) is 10.5 Å². The smallest absolute Gasteiger partial charge is 0.0942 e. The van der Waals surface area contributed by atoms with E-state index in [1.165, 1.54) is 60.1 Å². The summed E-state index contributed by atoms with van der Waals surface area (Å²) in [5, 5.41) is 16.2. The van der Waals surface area contributed by atoms with E-state index in [0.717, 1.165) is 23.1 Å². The van der Waals surface area contributed by atoms with Crippen LogP contribution < -0.4 is 0 Å². The summed E-state index contributed by atoms with van der Waals surface area (Å²) in [5.41, 5.74) is 1.01. The van der Waals surface area contributed by atoms with Crippen LogP contribution in [0.25, 0.3) is 21.5 Å². The quantitative estimate of drug-likeness (QED) is 0.228. The number of unbranched alkanes of at least 4 members (excludes halogenated alkanes) is 4. The molecule has 0 saturated heterocycles. The second-order valence-electron chi connectivity index (χ2n) is 8.52. The molecule has 0 spiro atoms. The van der Waals surface area contributed by atoms with E-state index in [9.17, 15) is 5.11 Å². The van der Waals surface area contributed by atoms with Crippen molar-refractivity contribution in [1.29, 1.82) is 0 Å². The van der Waals surface area contributed by atoms with Gasteiger partial charge < -0.3 is 5.11 Å². The molecule has 1 N–H and O–H groups in total. The number of rotatable bonds is 11. The molecule has 2 nitrogen and oxygen atoms in total. The second-order valence-corrected chi connectivity index (χ2v) is 9.37. The molecule has 0 unspecified atom stereocenters. The highest BCUT2D eigenvalue weighted by atomic mass is 79.9. The molecule has 0 aliphatic carbocycles. The highest BCUT2D eigenvalue weighted by Crippen LogP contribution is 2.34. The Kier molecular flexibility index (Phi) is 8.73. The van der Waals surface area contributed by atoms with Gasteiger partial charge in [-0.05, 0) is 72.1 Å². The molecule has 0 saturated carbocycles. The number of aliphatic hydroxyl groups excluding tert-OH is 1. The normalized spacial score (nSPS) is 13.9. The van der Waals surface area contributed by atoms with Crippen molar-refractivity contribution < 1.29 is 5.11 Å². The lowest BCUT2D eigenvalue weighted by atomic mass is 9.95.